The summed E-state index contributed by atoms with van der Waals surface area (Å²) in [6.07, 6.45) is 5.37. The van der Waals surface area contributed by atoms with Crippen LogP contribution in [-0.4, -0.2) is 29.9 Å². The molecule has 0 radical (unpaired) electrons. The monoisotopic (exact) mass is 239 g/mol. The van der Waals surface area contributed by atoms with Gasteiger partial charge in [0.25, 0.3) is 0 Å². The van der Waals surface area contributed by atoms with Gasteiger partial charge in [0, 0.05) is 12.1 Å². The summed E-state index contributed by atoms with van der Waals surface area (Å²) < 4.78 is 4.82. The van der Waals surface area contributed by atoms with Gasteiger partial charge in [0.2, 0.25) is 6.41 Å². The second-order valence-corrected chi connectivity index (χ2v) is 4.52. The Morgan fingerprint density at radius 3 is 2.53 bits per heavy atom. The summed E-state index contributed by atoms with van der Waals surface area (Å²) in [5, 5.41) is 0. The average molecular weight is 239 g/mol. The highest BCUT2D eigenvalue weighted by atomic mass is 16.5. The first-order valence-electron chi connectivity index (χ1n) is 6.23. The number of ether oxygens (including phenoxy) is 1. The highest BCUT2D eigenvalue weighted by Gasteiger charge is 2.24. The Hall–Kier alpha value is -1.32. The maximum atomic E-state index is 11.1. The molecule has 0 bridgehead atoms. The molecule has 0 aromatic rings. The molecule has 0 fully saturated rings. The van der Waals surface area contributed by atoms with Gasteiger partial charge in [0.05, 0.1) is 5.70 Å². The van der Waals surface area contributed by atoms with Crippen molar-refractivity contribution in [1.82, 2.24) is 4.90 Å². The summed E-state index contributed by atoms with van der Waals surface area (Å²) in [7, 11) is 0. The number of hydrogen-bond donors (Lipinski definition) is 0. The van der Waals surface area contributed by atoms with Crippen molar-refractivity contribution in [3.63, 3.8) is 0 Å². The fourth-order valence-corrected chi connectivity index (χ4v) is 2.19. The summed E-state index contributed by atoms with van der Waals surface area (Å²) in [6.45, 7) is 6.54. The molecule has 1 atom stereocenters. The molecule has 0 aliphatic carbocycles. The molecule has 1 aliphatic rings. The third kappa shape index (κ3) is 3.58. The van der Waals surface area contributed by atoms with Gasteiger partial charge in [-0.3, -0.25) is 4.79 Å². The van der Waals surface area contributed by atoms with Gasteiger partial charge in [-0.2, -0.15) is 0 Å². The first-order valence-corrected chi connectivity index (χ1v) is 6.23. The summed E-state index contributed by atoms with van der Waals surface area (Å²) in [6, 6.07) is 0.109. The highest BCUT2D eigenvalue weighted by Crippen LogP contribution is 2.21. The lowest BCUT2D eigenvalue weighted by Gasteiger charge is -2.28. The third-order valence-corrected chi connectivity index (χ3v) is 3.40. The van der Waals surface area contributed by atoms with Crippen LogP contribution in [0.3, 0.4) is 0 Å². The second kappa shape index (κ2) is 6.42. The minimum absolute atomic E-state index is 0.109. The molecule has 1 amide bonds. The van der Waals surface area contributed by atoms with E-state index in [9.17, 15) is 9.59 Å². The maximum Gasteiger partial charge on any atom is 0.333 e. The van der Waals surface area contributed by atoms with Crippen molar-refractivity contribution in [3.05, 3.63) is 11.8 Å². The van der Waals surface area contributed by atoms with Crippen molar-refractivity contribution in [1.29, 1.82) is 0 Å². The van der Waals surface area contributed by atoms with Crippen LogP contribution in [0.4, 0.5) is 0 Å². The van der Waals surface area contributed by atoms with E-state index in [4.69, 9.17) is 4.74 Å². The van der Waals surface area contributed by atoms with E-state index in [0.29, 0.717) is 11.6 Å². The van der Waals surface area contributed by atoms with E-state index in [-0.39, 0.29) is 18.6 Å². The standard InChI is InChI=1S/C13H21NO3/c1-4-11(5-2)6-10(3)14(9-15)12-7-13(16)17-8-12/h7,9-11H,4-6,8H2,1-3H3/t10-/m1/s1. The van der Waals surface area contributed by atoms with Gasteiger partial charge in [0.1, 0.15) is 6.61 Å². The van der Waals surface area contributed by atoms with E-state index >= 15 is 0 Å². The Labute approximate surface area is 103 Å². The van der Waals surface area contributed by atoms with Crippen LogP contribution in [0.5, 0.6) is 0 Å². The van der Waals surface area contributed by atoms with E-state index in [1.165, 1.54) is 6.08 Å². The predicted molar refractivity (Wildman–Crippen MR) is 65.1 cm³/mol. The van der Waals surface area contributed by atoms with Gasteiger partial charge >= 0.3 is 5.97 Å². The topological polar surface area (TPSA) is 46.6 Å². The molecule has 96 valence electrons. The van der Waals surface area contributed by atoms with Gasteiger partial charge in [0.15, 0.2) is 0 Å². The zero-order valence-corrected chi connectivity index (χ0v) is 10.8. The Balaban J connectivity index is 2.64. The zero-order valence-electron chi connectivity index (χ0n) is 10.8. The molecule has 1 heterocycles. The molecule has 1 aliphatic heterocycles. The Morgan fingerprint density at radius 1 is 1.47 bits per heavy atom. The minimum atomic E-state index is -0.360. The summed E-state index contributed by atoms with van der Waals surface area (Å²) in [5.41, 5.74) is 0.670. The van der Waals surface area contributed by atoms with Crippen LogP contribution in [0.25, 0.3) is 0 Å². The number of cyclic esters (lactones) is 1. The van der Waals surface area contributed by atoms with Gasteiger partial charge in [-0.1, -0.05) is 26.7 Å². The fourth-order valence-electron chi connectivity index (χ4n) is 2.19. The van der Waals surface area contributed by atoms with Crippen LogP contribution >= 0.6 is 0 Å². The molecule has 0 unspecified atom stereocenters. The lowest BCUT2D eigenvalue weighted by Crippen LogP contribution is -2.33. The van der Waals surface area contributed by atoms with E-state index < -0.39 is 0 Å². The van der Waals surface area contributed by atoms with E-state index in [1.807, 2.05) is 6.92 Å². The van der Waals surface area contributed by atoms with Gasteiger partial charge in [-0.25, -0.2) is 4.79 Å². The highest BCUT2D eigenvalue weighted by molar-refractivity contribution is 5.85. The number of esters is 1. The van der Waals surface area contributed by atoms with Crippen molar-refractivity contribution in [3.8, 4) is 0 Å². The number of amides is 1. The second-order valence-electron chi connectivity index (χ2n) is 4.52. The molecular weight excluding hydrogens is 218 g/mol. The van der Waals surface area contributed by atoms with Gasteiger partial charge in [-0.05, 0) is 19.3 Å². The number of carbonyl (C=O) groups is 2. The third-order valence-electron chi connectivity index (χ3n) is 3.40. The minimum Gasteiger partial charge on any atom is -0.456 e. The van der Waals surface area contributed by atoms with Crippen LogP contribution in [0, 0.1) is 5.92 Å². The molecule has 1 rings (SSSR count). The number of carbonyl (C=O) groups excluding carboxylic acids is 2. The average Bonchev–Trinajstić information content (AvgIpc) is 2.73. The van der Waals surface area contributed by atoms with E-state index in [0.717, 1.165) is 25.7 Å². The first kappa shape index (κ1) is 13.7. The summed E-state index contributed by atoms with van der Waals surface area (Å²) >= 11 is 0. The van der Waals surface area contributed by atoms with E-state index in [2.05, 4.69) is 13.8 Å². The van der Waals surface area contributed by atoms with Crippen molar-refractivity contribution in [2.45, 2.75) is 46.1 Å². The first-order chi connectivity index (χ1) is 8.12. The number of hydrogen-bond acceptors (Lipinski definition) is 3. The summed E-state index contributed by atoms with van der Waals surface area (Å²) in [4.78, 5) is 23.7. The lowest BCUT2D eigenvalue weighted by molar-refractivity contribution is -0.135. The van der Waals surface area contributed by atoms with Crippen LogP contribution in [0.15, 0.2) is 11.8 Å². The Morgan fingerprint density at radius 2 is 2.12 bits per heavy atom. The maximum absolute atomic E-state index is 11.1. The van der Waals surface area contributed by atoms with Crippen molar-refractivity contribution >= 4 is 12.4 Å². The largest absolute Gasteiger partial charge is 0.456 e. The lowest BCUT2D eigenvalue weighted by atomic mass is 9.95. The number of nitrogens with zero attached hydrogens (tertiary/aromatic N) is 1. The van der Waals surface area contributed by atoms with Crippen LogP contribution in [0.2, 0.25) is 0 Å². The SMILES string of the molecule is CCC(CC)C[C@@H](C)N(C=O)C1=CC(=O)OC1. The molecule has 0 aromatic heterocycles. The molecule has 4 nitrogen and oxygen atoms in total. The Kier molecular flexibility index (Phi) is 5.19. The number of rotatable bonds is 7. The molecule has 0 aromatic carbocycles. The smallest absolute Gasteiger partial charge is 0.333 e. The van der Waals surface area contributed by atoms with Crippen LogP contribution in [0.1, 0.15) is 40.0 Å². The molecule has 0 saturated carbocycles. The van der Waals surface area contributed by atoms with Crippen molar-refractivity contribution in [2.24, 2.45) is 5.92 Å². The molecule has 4 heteroatoms. The van der Waals surface area contributed by atoms with Crippen LogP contribution < -0.4 is 0 Å². The van der Waals surface area contributed by atoms with Crippen molar-refractivity contribution < 1.29 is 14.3 Å². The van der Waals surface area contributed by atoms with Gasteiger partial charge < -0.3 is 9.64 Å². The van der Waals surface area contributed by atoms with Crippen LogP contribution in [-0.2, 0) is 14.3 Å². The molecule has 0 N–H and O–H groups in total. The Bertz CT molecular complexity index is 308. The molecule has 17 heavy (non-hydrogen) atoms. The van der Waals surface area contributed by atoms with Gasteiger partial charge in [-0.15, -0.1) is 0 Å². The summed E-state index contributed by atoms with van der Waals surface area (Å²) in [5.74, 6) is 0.257. The quantitative estimate of drug-likeness (QED) is 0.505. The zero-order chi connectivity index (χ0) is 12.8. The fraction of sp³-hybridized carbons (Fsp3) is 0.692. The normalized spacial score (nSPS) is 16.7. The van der Waals surface area contributed by atoms with E-state index in [1.54, 1.807) is 4.90 Å². The molecule has 0 spiro atoms. The molecular formula is C13H21NO3. The molecule has 0 saturated heterocycles. The van der Waals surface area contributed by atoms with Crippen molar-refractivity contribution in [2.75, 3.05) is 6.61 Å². The predicted octanol–water partition coefficient (Wildman–Crippen LogP) is 2.10.